The van der Waals surface area contributed by atoms with Crippen LogP contribution in [0.1, 0.15) is 0 Å². The number of nitrogens with one attached hydrogen (secondary N) is 1. The zero-order valence-electron chi connectivity index (χ0n) is 4.61. The van der Waals surface area contributed by atoms with Crippen molar-refractivity contribution in [2.24, 2.45) is 5.11 Å². The minimum atomic E-state index is -0.317. The summed E-state index contributed by atoms with van der Waals surface area (Å²) in [5, 5.41) is 5.37. The van der Waals surface area contributed by atoms with Gasteiger partial charge in [0.15, 0.2) is 0 Å². The van der Waals surface area contributed by atoms with Crippen molar-refractivity contribution >= 4 is 18.5 Å². The fourth-order valence-corrected chi connectivity index (χ4v) is 0.416. The summed E-state index contributed by atoms with van der Waals surface area (Å²) in [6.45, 7) is -0.156. The Morgan fingerprint density at radius 1 is 1.89 bits per heavy atom. The maximum Gasteiger partial charge on any atom is 0.226 e. The minimum absolute atomic E-state index is 0.156. The van der Waals surface area contributed by atoms with Crippen LogP contribution in [0.2, 0.25) is 0 Å². The smallest absolute Gasteiger partial charge is 0.226 e. The zero-order chi connectivity index (χ0) is 7.11. The lowest BCUT2D eigenvalue weighted by Gasteiger charge is -1.93. The summed E-state index contributed by atoms with van der Waals surface area (Å²) in [5.74, 6) is -0.0532. The van der Waals surface area contributed by atoms with Gasteiger partial charge in [0, 0.05) is 4.91 Å². The van der Waals surface area contributed by atoms with Crippen molar-refractivity contribution in [2.75, 3.05) is 12.4 Å². The van der Waals surface area contributed by atoms with E-state index in [1.807, 2.05) is 0 Å². The SMILES string of the molecule is [N-]=[N+]=NCC(=O)NCS. The zero-order valence-corrected chi connectivity index (χ0v) is 5.51. The van der Waals surface area contributed by atoms with Crippen molar-refractivity contribution in [2.45, 2.75) is 0 Å². The first-order chi connectivity index (χ1) is 4.31. The molecular weight excluding hydrogens is 140 g/mol. The van der Waals surface area contributed by atoms with Crippen molar-refractivity contribution in [1.29, 1.82) is 0 Å². The Balaban J connectivity index is 3.38. The molecule has 0 radical (unpaired) electrons. The molecule has 0 unspecified atom stereocenters. The monoisotopic (exact) mass is 146 g/mol. The van der Waals surface area contributed by atoms with Gasteiger partial charge in [-0.05, 0) is 5.53 Å². The molecule has 0 spiro atoms. The molecule has 0 saturated carbocycles. The first-order valence-electron chi connectivity index (χ1n) is 2.19. The largest absolute Gasteiger partial charge is 0.347 e. The lowest BCUT2D eigenvalue weighted by atomic mass is 10.6. The van der Waals surface area contributed by atoms with Gasteiger partial charge in [-0.3, -0.25) is 4.79 Å². The molecule has 0 aliphatic rings. The predicted molar refractivity (Wildman–Crippen MR) is 36.0 cm³/mol. The lowest BCUT2D eigenvalue weighted by Crippen LogP contribution is -2.23. The first kappa shape index (κ1) is 8.13. The Hall–Kier alpha value is -0.870. The number of azide groups is 1. The van der Waals surface area contributed by atoms with Crippen molar-refractivity contribution in [3.8, 4) is 0 Å². The second-order valence-electron chi connectivity index (χ2n) is 1.15. The maximum absolute atomic E-state index is 10.4. The third-order valence-corrected chi connectivity index (χ3v) is 0.712. The number of thiol groups is 1. The summed E-state index contributed by atoms with van der Waals surface area (Å²) in [7, 11) is 0. The van der Waals surface area contributed by atoms with Gasteiger partial charge in [0.05, 0.1) is 5.88 Å². The van der Waals surface area contributed by atoms with Gasteiger partial charge >= 0.3 is 0 Å². The molecular formula is C3H6N4OS. The molecule has 6 heteroatoms. The number of carbonyl (C=O) groups excluding carboxylic acids is 1. The Labute approximate surface area is 57.5 Å². The summed E-state index contributed by atoms with van der Waals surface area (Å²) >= 11 is 3.72. The van der Waals surface area contributed by atoms with Crippen LogP contribution in [0.3, 0.4) is 0 Å². The Kier molecular flexibility index (Phi) is 4.76. The van der Waals surface area contributed by atoms with Gasteiger partial charge < -0.3 is 5.32 Å². The molecule has 5 nitrogen and oxygen atoms in total. The number of amides is 1. The predicted octanol–water partition coefficient (Wildman–Crippen LogP) is 0.300. The highest BCUT2D eigenvalue weighted by Crippen LogP contribution is 1.72. The number of carbonyl (C=O) groups is 1. The third kappa shape index (κ3) is 4.99. The molecule has 0 aromatic rings. The van der Waals surface area contributed by atoms with Crippen LogP contribution in [0, 0.1) is 0 Å². The van der Waals surface area contributed by atoms with E-state index in [1.54, 1.807) is 0 Å². The Morgan fingerprint density at radius 3 is 3.00 bits per heavy atom. The summed E-state index contributed by atoms with van der Waals surface area (Å²) in [4.78, 5) is 12.8. The van der Waals surface area contributed by atoms with Crippen LogP contribution in [0.5, 0.6) is 0 Å². The van der Waals surface area contributed by atoms with E-state index >= 15 is 0 Å². The summed E-state index contributed by atoms with van der Waals surface area (Å²) in [6, 6.07) is 0. The molecule has 0 fully saturated rings. The van der Waals surface area contributed by atoms with E-state index in [0.717, 1.165) is 0 Å². The van der Waals surface area contributed by atoms with Crippen LogP contribution in [0.15, 0.2) is 5.11 Å². The lowest BCUT2D eigenvalue weighted by molar-refractivity contribution is -0.119. The molecule has 0 aliphatic carbocycles. The molecule has 0 bridgehead atoms. The van der Waals surface area contributed by atoms with E-state index < -0.39 is 0 Å². The van der Waals surface area contributed by atoms with Gasteiger partial charge in [0.2, 0.25) is 5.91 Å². The van der Waals surface area contributed by atoms with Gasteiger partial charge in [-0.25, -0.2) is 0 Å². The van der Waals surface area contributed by atoms with Crippen molar-refractivity contribution in [1.82, 2.24) is 5.32 Å². The fraction of sp³-hybridized carbons (Fsp3) is 0.667. The van der Waals surface area contributed by atoms with Crippen LogP contribution in [0.25, 0.3) is 10.4 Å². The van der Waals surface area contributed by atoms with E-state index in [9.17, 15) is 4.79 Å². The Bertz CT molecular complexity index is 141. The highest BCUT2D eigenvalue weighted by Gasteiger charge is 1.92. The number of rotatable bonds is 3. The van der Waals surface area contributed by atoms with E-state index in [2.05, 4.69) is 28.0 Å². The second kappa shape index (κ2) is 5.27. The van der Waals surface area contributed by atoms with Crippen LogP contribution < -0.4 is 5.32 Å². The van der Waals surface area contributed by atoms with E-state index in [0.29, 0.717) is 0 Å². The van der Waals surface area contributed by atoms with Crippen LogP contribution >= 0.6 is 12.6 Å². The van der Waals surface area contributed by atoms with E-state index in [4.69, 9.17) is 5.53 Å². The highest BCUT2D eigenvalue weighted by molar-refractivity contribution is 7.80. The van der Waals surface area contributed by atoms with E-state index in [-0.39, 0.29) is 18.3 Å². The molecule has 0 saturated heterocycles. The summed E-state index contributed by atoms with van der Waals surface area (Å²) in [6.07, 6.45) is 0. The number of hydrogen-bond donors (Lipinski definition) is 2. The van der Waals surface area contributed by atoms with Gasteiger partial charge in [-0.15, -0.1) is 0 Å². The molecule has 9 heavy (non-hydrogen) atoms. The first-order valence-corrected chi connectivity index (χ1v) is 2.83. The second-order valence-corrected chi connectivity index (χ2v) is 1.46. The van der Waals surface area contributed by atoms with Crippen LogP contribution in [0.4, 0.5) is 0 Å². The topological polar surface area (TPSA) is 77.9 Å². The van der Waals surface area contributed by atoms with E-state index in [1.165, 1.54) is 0 Å². The average Bonchev–Trinajstić information content (AvgIpc) is 1.85. The number of nitrogens with zero attached hydrogens (tertiary/aromatic N) is 3. The molecule has 0 aliphatic heterocycles. The molecule has 0 atom stereocenters. The summed E-state index contributed by atoms with van der Waals surface area (Å²) in [5.41, 5.74) is 7.74. The standard InChI is InChI=1S/C3H6N4OS/c4-7-6-1-3(8)5-2-9/h9H,1-2H2,(H,5,8). The Morgan fingerprint density at radius 2 is 2.56 bits per heavy atom. The third-order valence-electron chi connectivity index (χ3n) is 0.554. The molecule has 1 amide bonds. The molecule has 1 N–H and O–H groups in total. The number of hydrogen-bond acceptors (Lipinski definition) is 3. The van der Waals surface area contributed by atoms with Crippen LogP contribution in [-0.2, 0) is 4.79 Å². The fourth-order valence-electron chi connectivity index (χ4n) is 0.240. The molecule has 0 aromatic heterocycles. The quantitative estimate of drug-likeness (QED) is 0.194. The molecule has 0 heterocycles. The molecule has 0 rings (SSSR count). The maximum atomic E-state index is 10.4. The highest BCUT2D eigenvalue weighted by atomic mass is 32.1. The van der Waals surface area contributed by atoms with Crippen molar-refractivity contribution in [3.05, 3.63) is 10.4 Å². The van der Waals surface area contributed by atoms with Crippen LogP contribution in [-0.4, -0.2) is 18.3 Å². The van der Waals surface area contributed by atoms with Crippen molar-refractivity contribution in [3.63, 3.8) is 0 Å². The van der Waals surface area contributed by atoms with Crippen molar-refractivity contribution < 1.29 is 4.79 Å². The molecule has 50 valence electrons. The van der Waals surface area contributed by atoms with Gasteiger partial charge in [-0.2, -0.15) is 12.6 Å². The minimum Gasteiger partial charge on any atom is -0.347 e. The summed E-state index contributed by atoms with van der Waals surface area (Å²) < 4.78 is 0. The average molecular weight is 146 g/mol. The van der Waals surface area contributed by atoms with Gasteiger partial charge in [0.1, 0.15) is 6.54 Å². The van der Waals surface area contributed by atoms with Gasteiger partial charge in [-0.1, -0.05) is 5.11 Å². The normalized spacial score (nSPS) is 7.67. The van der Waals surface area contributed by atoms with Gasteiger partial charge in [0.25, 0.3) is 0 Å². The molecule has 0 aromatic carbocycles.